The Kier molecular flexibility index (Phi) is 7.29. The number of hydrogen-bond acceptors (Lipinski definition) is 7. The van der Waals surface area contributed by atoms with E-state index in [0.717, 1.165) is 9.90 Å². The first-order chi connectivity index (χ1) is 12.6. The van der Waals surface area contributed by atoms with E-state index in [-0.39, 0.29) is 30.7 Å². The van der Waals surface area contributed by atoms with Gasteiger partial charge >= 0.3 is 16.2 Å². The number of carbonyl (C=O) groups is 2. The molecule has 6 nitrogen and oxygen atoms in total. The number of aromatic nitrogens is 1. The van der Waals surface area contributed by atoms with Crippen LogP contribution in [0.4, 0.5) is 0 Å². The molecule has 0 atom stereocenters. The summed E-state index contributed by atoms with van der Waals surface area (Å²) in [4.78, 5) is 25.1. The third kappa shape index (κ3) is 4.45. The summed E-state index contributed by atoms with van der Waals surface area (Å²) in [5.74, 6) is 0.754. The summed E-state index contributed by atoms with van der Waals surface area (Å²) < 4.78 is 17.9. The lowest BCUT2D eigenvalue weighted by Crippen LogP contribution is -3.00. The molecule has 27 heavy (non-hydrogen) atoms. The van der Waals surface area contributed by atoms with Gasteiger partial charge in [-0.3, -0.25) is 4.79 Å². The predicted octanol–water partition coefficient (Wildman–Crippen LogP) is -0.0506. The quantitative estimate of drug-likeness (QED) is 0.366. The van der Waals surface area contributed by atoms with Gasteiger partial charge in [-0.05, 0) is 30.7 Å². The number of thiazole rings is 1. The van der Waals surface area contributed by atoms with Gasteiger partial charge in [0.1, 0.15) is 11.3 Å². The lowest BCUT2D eigenvalue weighted by molar-refractivity contribution is -0.607. The van der Waals surface area contributed by atoms with E-state index in [1.165, 1.54) is 23.1 Å². The minimum Gasteiger partial charge on any atom is -1.00 e. The van der Waals surface area contributed by atoms with Crippen molar-refractivity contribution in [2.24, 2.45) is 0 Å². The van der Waals surface area contributed by atoms with Crippen molar-refractivity contribution in [2.75, 3.05) is 20.8 Å². The third-order valence-corrected chi connectivity index (χ3v) is 5.90. The van der Waals surface area contributed by atoms with Crippen molar-refractivity contribution in [1.82, 2.24) is 0 Å². The summed E-state index contributed by atoms with van der Waals surface area (Å²) in [5, 5.41) is 1.82. The number of hydrogen-bond donors (Lipinski definition) is 0. The Morgan fingerprint density at radius 1 is 1.22 bits per heavy atom. The van der Waals surface area contributed by atoms with Crippen LogP contribution in [0, 0.1) is 0 Å². The van der Waals surface area contributed by atoms with E-state index in [1.807, 2.05) is 23.6 Å². The summed E-state index contributed by atoms with van der Waals surface area (Å²) in [6, 6.07) is 5.47. The molecule has 0 N–H and O–H groups in total. The summed E-state index contributed by atoms with van der Waals surface area (Å²) >= 11 is 2.83. The second kappa shape index (κ2) is 9.25. The first kappa shape index (κ1) is 21.3. The number of ether oxygens (including phenoxy) is 3. The molecule has 3 rings (SSSR count). The fourth-order valence-corrected chi connectivity index (χ4v) is 4.73. The molecule has 0 amide bonds. The van der Waals surface area contributed by atoms with Crippen molar-refractivity contribution in [3.05, 3.63) is 39.7 Å². The fraction of sp³-hybridized carbons (Fsp3) is 0.278. The number of thioether (sulfide) groups is 1. The van der Waals surface area contributed by atoms with E-state index in [2.05, 4.69) is 0 Å². The van der Waals surface area contributed by atoms with Gasteiger partial charge in [0.2, 0.25) is 5.69 Å². The second-order valence-corrected chi connectivity index (χ2v) is 7.49. The van der Waals surface area contributed by atoms with Gasteiger partial charge in [-0.15, -0.1) is 4.57 Å². The minimum absolute atomic E-state index is 0. The van der Waals surface area contributed by atoms with Crippen LogP contribution in [0.5, 0.6) is 11.5 Å². The van der Waals surface area contributed by atoms with E-state index >= 15 is 0 Å². The molecular weight excluding hydrogens is 410 g/mol. The van der Waals surface area contributed by atoms with Crippen LogP contribution in [0.15, 0.2) is 32.8 Å². The number of fused-ring (bicyclic) bond motifs is 1. The molecule has 9 heteroatoms. The van der Waals surface area contributed by atoms with Crippen LogP contribution in [-0.4, -0.2) is 32.7 Å². The van der Waals surface area contributed by atoms with E-state index in [0.29, 0.717) is 28.7 Å². The zero-order chi connectivity index (χ0) is 18.7. The number of carbonyl (C=O) groups excluding carboxylic acids is 2. The second-order valence-electron chi connectivity index (χ2n) is 5.34. The molecule has 1 aromatic heterocycles. The third-order valence-electron chi connectivity index (χ3n) is 3.71. The van der Waals surface area contributed by atoms with Crippen molar-refractivity contribution < 1.29 is 40.8 Å². The Morgan fingerprint density at radius 3 is 2.63 bits per heavy atom. The van der Waals surface area contributed by atoms with Crippen molar-refractivity contribution >= 4 is 41.1 Å². The molecule has 0 spiro atoms. The number of benzene rings is 1. The Morgan fingerprint density at radius 2 is 1.96 bits per heavy atom. The maximum Gasteiger partial charge on any atom is 0.433 e. The Bertz CT molecular complexity index is 894. The van der Waals surface area contributed by atoms with Gasteiger partial charge in [0, 0.05) is 11.8 Å². The van der Waals surface area contributed by atoms with Gasteiger partial charge in [-0.25, -0.2) is 4.79 Å². The lowest BCUT2D eigenvalue weighted by atomic mass is 10.2. The molecule has 2 aromatic rings. The largest absolute Gasteiger partial charge is 1.00 e. The molecule has 0 unspecified atom stereocenters. The van der Waals surface area contributed by atoms with Crippen LogP contribution in [0.1, 0.15) is 23.0 Å². The smallest absolute Gasteiger partial charge is 0.433 e. The highest BCUT2D eigenvalue weighted by molar-refractivity contribution is 8.05. The van der Waals surface area contributed by atoms with Crippen LogP contribution >= 0.6 is 23.1 Å². The average Bonchev–Trinajstić information content (AvgIpc) is 3.16. The van der Waals surface area contributed by atoms with Gasteiger partial charge in [0.25, 0.3) is 0 Å². The van der Waals surface area contributed by atoms with Gasteiger partial charge < -0.3 is 26.6 Å². The highest BCUT2D eigenvalue weighted by Crippen LogP contribution is 2.37. The monoisotopic (exact) mass is 427 g/mol. The summed E-state index contributed by atoms with van der Waals surface area (Å²) in [6.45, 7) is 2.08. The van der Waals surface area contributed by atoms with Crippen LogP contribution in [0.3, 0.4) is 0 Å². The van der Waals surface area contributed by atoms with Gasteiger partial charge in [-0.2, -0.15) is 0 Å². The Hall–Kier alpha value is -2.03. The van der Waals surface area contributed by atoms with Crippen LogP contribution in [0.2, 0.25) is 0 Å². The highest BCUT2D eigenvalue weighted by atomic mass is 35.5. The zero-order valence-electron chi connectivity index (χ0n) is 15.0. The molecule has 2 heterocycles. The number of halogens is 1. The number of rotatable bonds is 6. The molecular formula is C18H18ClNO5S2. The minimum atomic E-state index is -0.337. The molecule has 0 saturated heterocycles. The predicted molar refractivity (Wildman–Crippen MR) is 98.9 cm³/mol. The first-order valence-corrected chi connectivity index (χ1v) is 9.61. The molecule has 0 saturated carbocycles. The normalized spacial score (nSPS) is 13.9. The van der Waals surface area contributed by atoms with E-state index < -0.39 is 0 Å². The van der Waals surface area contributed by atoms with E-state index in [9.17, 15) is 9.59 Å². The molecule has 144 valence electrons. The van der Waals surface area contributed by atoms with Crippen molar-refractivity contribution in [2.45, 2.75) is 17.7 Å². The van der Waals surface area contributed by atoms with Crippen molar-refractivity contribution in [3.63, 3.8) is 0 Å². The molecule has 1 aliphatic rings. The molecule has 1 aliphatic heterocycles. The number of nitrogens with zero attached hydrogens (tertiary/aromatic N) is 1. The van der Waals surface area contributed by atoms with Gasteiger partial charge in [-0.1, -0.05) is 17.4 Å². The highest BCUT2D eigenvalue weighted by Gasteiger charge is 2.40. The lowest BCUT2D eigenvalue weighted by Gasteiger charge is -2.07. The summed E-state index contributed by atoms with van der Waals surface area (Å²) in [7, 11) is 3.14. The van der Waals surface area contributed by atoms with Crippen molar-refractivity contribution in [3.8, 4) is 11.5 Å². The standard InChI is InChI=1S/C18H18NO5S2.ClH/c1-4-24-16(20)9-12-10-25-18-19(12)17(21)15(26-18)8-11-5-6-13(22-2)14(7-11)23-3;/h5-8,10H,4,9H2,1-3H3;1H/q+1;/p-1/b15-8-;. The van der Waals surface area contributed by atoms with Crippen LogP contribution in [0.25, 0.3) is 6.08 Å². The number of allylic oxidation sites excluding steroid dienone is 1. The molecule has 0 fully saturated rings. The zero-order valence-corrected chi connectivity index (χ0v) is 17.4. The molecule has 0 radical (unpaired) electrons. The van der Waals surface area contributed by atoms with Gasteiger partial charge in [0.15, 0.2) is 11.5 Å². The van der Waals surface area contributed by atoms with E-state index in [1.54, 1.807) is 31.8 Å². The van der Waals surface area contributed by atoms with Crippen molar-refractivity contribution in [1.29, 1.82) is 0 Å². The Balaban J connectivity index is 0.00000261. The number of esters is 1. The number of methoxy groups -OCH3 is 2. The van der Waals surface area contributed by atoms with E-state index in [4.69, 9.17) is 14.2 Å². The topological polar surface area (TPSA) is 65.7 Å². The maximum absolute atomic E-state index is 12.8. The fourth-order valence-electron chi connectivity index (χ4n) is 2.54. The Labute approximate surface area is 171 Å². The SMILES string of the molecule is CCOC(=O)Cc1csc2[n+]1C(=O)/C(=C/c1ccc(OC)c(OC)c1)S2.[Cl-]. The molecule has 0 bridgehead atoms. The van der Waals surface area contributed by atoms with Crippen LogP contribution < -0.4 is 26.4 Å². The summed E-state index contributed by atoms with van der Waals surface area (Å²) in [6.07, 6.45) is 1.89. The van der Waals surface area contributed by atoms with Gasteiger partial charge in [0.05, 0.1) is 26.2 Å². The molecule has 0 aliphatic carbocycles. The van der Waals surface area contributed by atoms with Crippen LogP contribution in [-0.2, 0) is 16.0 Å². The molecule has 1 aromatic carbocycles. The average molecular weight is 428 g/mol. The first-order valence-electron chi connectivity index (χ1n) is 7.91. The summed E-state index contributed by atoms with van der Waals surface area (Å²) in [5.41, 5.74) is 1.48. The maximum atomic E-state index is 12.8.